The zero-order valence-electron chi connectivity index (χ0n) is 12.0. The van der Waals surface area contributed by atoms with E-state index in [0.29, 0.717) is 6.42 Å². The summed E-state index contributed by atoms with van der Waals surface area (Å²) in [5, 5.41) is 13.8. The minimum atomic E-state index is -0.870. The average molecular weight is 285 g/mol. The van der Waals surface area contributed by atoms with Crippen LogP contribution in [0.25, 0.3) is 10.8 Å². The van der Waals surface area contributed by atoms with Gasteiger partial charge in [0.1, 0.15) is 0 Å². The van der Waals surface area contributed by atoms with Crippen LogP contribution in [-0.4, -0.2) is 17.0 Å². The Morgan fingerprint density at radius 2 is 1.81 bits per heavy atom. The number of carboxylic acids is 1. The van der Waals surface area contributed by atoms with Crippen LogP contribution in [0, 0.1) is 0 Å². The van der Waals surface area contributed by atoms with Gasteiger partial charge in [-0.05, 0) is 29.7 Å². The zero-order chi connectivity index (χ0) is 15.2. The summed E-state index contributed by atoms with van der Waals surface area (Å²) in [5.41, 5.74) is 1.07. The highest BCUT2D eigenvalue weighted by Gasteiger charge is 2.12. The molecule has 0 saturated carbocycles. The molecular weight excluding hydrogens is 266 g/mol. The van der Waals surface area contributed by atoms with Crippen molar-refractivity contribution in [2.45, 2.75) is 32.2 Å². The Morgan fingerprint density at radius 3 is 2.57 bits per heavy atom. The minimum Gasteiger partial charge on any atom is -0.481 e. The number of carbonyl (C=O) groups is 2. The summed E-state index contributed by atoms with van der Waals surface area (Å²) >= 11 is 0. The van der Waals surface area contributed by atoms with Crippen molar-refractivity contribution in [3.8, 4) is 0 Å². The number of benzene rings is 2. The van der Waals surface area contributed by atoms with Crippen molar-refractivity contribution in [2.75, 3.05) is 0 Å². The Bertz CT molecular complexity index is 646. The highest BCUT2D eigenvalue weighted by Crippen LogP contribution is 2.24. The van der Waals surface area contributed by atoms with Crippen molar-refractivity contribution in [3.63, 3.8) is 0 Å². The average Bonchev–Trinajstić information content (AvgIpc) is 2.46. The van der Waals surface area contributed by atoms with Crippen molar-refractivity contribution in [2.24, 2.45) is 0 Å². The molecule has 0 spiro atoms. The first-order chi connectivity index (χ1) is 10.1. The third-order valence-electron chi connectivity index (χ3n) is 3.46. The van der Waals surface area contributed by atoms with Crippen LogP contribution in [0.3, 0.4) is 0 Å². The van der Waals surface area contributed by atoms with Crippen LogP contribution in [0.15, 0.2) is 42.5 Å². The third-order valence-corrected chi connectivity index (χ3v) is 3.46. The van der Waals surface area contributed by atoms with Gasteiger partial charge in [-0.25, -0.2) is 0 Å². The molecule has 2 N–H and O–H groups in total. The quantitative estimate of drug-likeness (QED) is 0.856. The number of carbonyl (C=O) groups excluding carboxylic acids is 1. The summed E-state index contributed by atoms with van der Waals surface area (Å²) in [5.74, 6) is -0.985. The molecule has 0 aliphatic rings. The fraction of sp³-hybridized carbons (Fsp3) is 0.294. The van der Waals surface area contributed by atoms with Gasteiger partial charge in [-0.3, -0.25) is 9.59 Å². The van der Waals surface area contributed by atoms with Gasteiger partial charge in [0.25, 0.3) is 0 Å². The fourth-order valence-electron chi connectivity index (χ4n) is 2.42. The van der Waals surface area contributed by atoms with Gasteiger partial charge in [0, 0.05) is 12.8 Å². The zero-order valence-corrected chi connectivity index (χ0v) is 12.0. The summed E-state index contributed by atoms with van der Waals surface area (Å²) in [6, 6.07) is 14.0. The maximum absolute atomic E-state index is 11.8. The van der Waals surface area contributed by atoms with Gasteiger partial charge in [-0.2, -0.15) is 0 Å². The largest absolute Gasteiger partial charge is 0.481 e. The lowest BCUT2D eigenvalue weighted by Crippen LogP contribution is -2.26. The molecule has 0 aliphatic heterocycles. The number of hydrogen-bond donors (Lipinski definition) is 2. The molecule has 4 heteroatoms. The lowest BCUT2D eigenvalue weighted by atomic mass is 9.99. The van der Waals surface area contributed by atoms with E-state index in [-0.39, 0.29) is 24.8 Å². The Balaban J connectivity index is 2.03. The first kappa shape index (κ1) is 15.0. The molecular formula is C17H19NO3. The Labute approximate surface area is 123 Å². The summed E-state index contributed by atoms with van der Waals surface area (Å²) in [7, 11) is 0. The van der Waals surface area contributed by atoms with Gasteiger partial charge in [0.15, 0.2) is 0 Å². The second-order valence-electron chi connectivity index (χ2n) is 5.10. The van der Waals surface area contributed by atoms with Crippen LogP contribution in [0.5, 0.6) is 0 Å². The second kappa shape index (κ2) is 6.88. The maximum Gasteiger partial charge on any atom is 0.303 e. The van der Waals surface area contributed by atoms with Crippen LogP contribution >= 0.6 is 0 Å². The number of nitrogens with one attached hydrogen (secondary N) is 1. The monoisotopic (exact) mass is 285 g/mol. The van der Waals surface area contributed by atoms with Gasteiger partial charge in [-0.1, -0.05) is 42.5 Å². The number of aliphatic carboxylic acids is 1. The van der Waals surface area contributed by atoms with Crippen LogP contribution in [0.1, 0.15) is 37.8 Å². The van der Waals surface area contributed by atoms with Crippen molar-refractivity contribution in [3.05, 3.63) is 48.0 Å². The predicted molar refractivity (Wildman–Crippen MR) is 82.0 cm³/mol. The number of amides is 1. The molecule has 1 amide bonds. The van der Waals surface area contributed by atoms with E-state index >= 15 is 0 Å². The molecule has 1 atom stereocenters. The number of carboxylic acid groups (broad SMARTS) is 1. The van der Waals surface area contributed by atoms with E-state index in [9.17, 15) is 9.59 Å². The lowest BCUT2D eigenvalue weighted by molar-refractivity contribution is -0.137. The van der Waals surface area contributed by atoms with Crippen molar-refractivity contribution >= 4 is 22.6 Å². The van der Waals surface area contributed by atoms with Crippen LogP contribution in [0.4, 0.5) is 0 Å². The second-order valence-corrected chi connectivity index (χ2v) is 5.10. The maximum atomic E-state index is 11.8. The van der Waals surface area contributed by atoms with E-state index in [1.54, 1.807) is 0 Å². The van der Waals surface area contributed by atoms with Gasteiger partial charge in [-0.15, -0.1) is 0 Å². The van der Waals surface area contributed by atoms with Gasteiger partial charge in [0.2, 0.25) is 5.91 Å². The molecule has 0 heterocycles. The van der Waals surface area contributed by atoms with Crippen LogP contribution < -0.4 is 5.32 Å². The molecule has 2 aromatic rings. The molecule has 0 bridgehead atoms. The summed E-state index contributed by atoms with van der Waals surface area (Å²) in [6.07, 6.45) is 0.626. The topological polar surface area (TPSA) is 66.4 Å². The predicted octanol–water partition coefficient (Wildman–Crippen LogP) is 3.27. The normalized spacial score (nSPS) is 12.0. The van der Waals surface area contributed by atoms with E-state index in [4.69, 9.17) is 5.11 Å². The third kappa shape index (κ3) is 4.05. The molecule has 21 heavy (non-hydrogen) atoms. The molecule has 4 nitrogen and oxygen atoms in total. The molecule has 0 radical (unpaired) electrons. The smallest absolute Gasteiger partial charge is 0.303 e. The van der Waals surface area contributed by atoms with Crippen LogP contribution in [0.2, 0.25) is 0 Å². The van der Waals surface area contributed by atoms with E-state index in [2.05, 4.69) is 5.32 Å². The SMILES string of the molecule is C[C@@H](NC(=O)CCCC(=O)O)c1cccc2ccccc12. The first-order valence-corrected chi connectivity index (χ1v) is 7.07. The highest BCUT2D eigenvalue weighted by molar-refractivity contribution is 5.87. The van der Waals surface area contributed by atoms with E-state index in [0.717, 1.165) is 16.3 Å². The standard InChI is InChI=1S/C17H19NO3/c1-12(18-16(19)10-5-11-17(20)21)14-9-4-7-13-6-2-3-8-15(13)14/h2-4,6-9,12H,5,10-11H2,1H3,(H,18,19)(H,20,21)/t12-/m1/s1. The molecule has 0 aromatic heterocycles. The minimum absolute atomic E-state index is 0.0239. The highest BCUT2D eigenvalue weighted by atomic mass is 16.4. The number of hydrogen-bond acceptors (Lipinski definition) is 2. The van der Waals surface area contributed by atoms with Crippen molar-refractivity contribution < 1.29 is 14.7 Å². The van der Waals surface area contributed by atoms with Crippen molar-refractivity contribution in [1.29, 1.82) is 0 Å². The summed E-state index contributed by atoms with van der Waals surface area (Å²) < 4.78 is 0. The van der Waals surface area contributed by atoms with E-state index in [1.165, 1.54) is 0 Å². The number of rotatable bonds is 6. The molecule has 110 valence electrons. The van der Waals surface area contributed by atoms with Gasteiger partial charge in [0.05, 0.1) is 6.04 Å². The molecule has 2 rings (SSSR count). The Morgan fingerprint density at radius 1 is 1.10 bits per heavy atom. The Kier molecular flexibility index (Phi) is 4.93. The fourth-order valence-corrected chi connectivity index (χ4v) is 2.42. The summed E-state index contributed by atoms with van der Waals surface area (Å²) in [6.45, 7) is 1.94. The van der Waals surface area contributed by atoms with Crippen LogP contribution in [-0.2, 0) is 9.59 Å². The van der Waals surface area contributed by atoms with Crippen molar-refractivity contribution in [1.82, 2.24) is 5.32 Å². The molecule has 0 unspecified atom stereocenters. The molecule has 0 aliphatic carbocycles. The lowest BCUT2D eigenvalue weighted by Gasteiger charge is -2.16. The number of fused-ring (bicyclic) bond motifs is 1. The molecule has 2 aromatic carbocycles. The van der Waals surface area contributed by atoms with Gasteiger partial charge < -0.3 is 10.4 Å². The Hall–Kier alpha value is -2.36. The molecule has 0 saturated heterocycles. The van der Waals surface area contributed by atoms with Gasteiger partial charge >= 0.3 is 5.97 Å². The summed E-state index contributed by atoms with van der Waals surface area (Å²) in [4.78, 5) is 22.3. The van der Waals surface area contributed by atoms with E-state index in [1.807, 2.05) is 49.4 Å². The molecule has 0 fully saturated rings. The first-order valence-electron chi connectivity index (χ1n) is 7.07. The van der Waals surface area contributed by atoms with E-state index < -0.39 is 5.97 Å².